The molecule has 0 saturated carbocycles. The first-order valence-corrected chi connectivity index (χ1v) is 10.2. The monoisotopic (exact) mass is 449 g/mol. The lowest BCUT2D eigenvalue weighted by Crippen LogP contribution is -2.28. The third-order valence-electron chi connectivity index (χ3n) is 5.12. The van der Waals surface area contributed by atoms with Gasteiger partial charge in [0.15, 0.2) is 17.3 Å². The summed E-state index contributed by atoms with van der Waals surface area (Å²) in [5, 5.41) is 9.65. The number of nitrogens with one attached hydrogen (secondary N) is 2. The van der Waals surface area contributed by atoms with Gasteiger partial charge in [-0.2, -0.15) is 5.10 Å². The second kappa shape index (κ2) is 9.15. The number of halogens is 2. The normalized spacial score (nSPS) is 10.9. The predicted octanol–water partition coefficient (Wildman–Crippen LogP) is 3.48. The number of hydrogen-bond acceptors (Lipinski definition) is 4. The number of benzene rings is 2. The summed E-state index contributed by atoms with van der Waals surface area (Å²) >= 11 is 0. The van der Waals surface area contributed by atoms with Gasteiger partial charge < -0.3 is 10.6 Å². The van der Waals surface area contributed by atoms with Gasteiger partial charge in [0.2, 0.25) is 0 Å². The fourth-order valence-electron chi connectivity index (χ4n) is 3.25. The lowest BCUT2D eigenvalue weighted by atomic mass is 10.1. The second-order valence-electron chi connectivity index (χ2n) is 7.69. The van der Waals surface area contributed by atoms with Gasteiger partial charge in [-0.3, -0.25) is 9.59 Å². The van der Waals surface area contributed by atoms with Crippen molar-refractivity contribution in [2.45, 2.75) is 26.9 Å². The Bertz CT molecular complexity index is 1350. The largest absolute Gasteiger partial charge is 0.347 e. The zero-order valence-corrected chi connectivity index (χ0v) is 18.0. The molecule has 0 aliphatic rings. The van der Waals surface area contributed by atoms with Gasteiger partial charge in [-0.05, 0) is 37.1 Å². The molecule has 33 heavy (non-hydrogen) atoms. The van der Waals surface area contributed by atoms with E-state index in [1.165, 1.54) is 16.6 Å². The molecule has 4 aromatic rings. The van der Waals surface area contributed by atoms with E-state index in [0.717, 1.165) is 23.3 Å². The minimum atomic E-state index is -0.997. The van der Waals surface area contributed by atoms with Crippen LogP contribution in [0.5, 0.6) is 0 Å². The minimum Gasteiger partial charge on any atom is -0.347 e. The Morgan fingerprint density at radius 3 is 2.27 bits per heavy atom. The lowest BCUT2D eigenvalue weighted by Gasteiger charge is -2.10. The molecule has 2 N–H and O–H groups in total. The van der Waals surface area contributed by atoms with E-state index < -0.39 is 23.4 Å². The molecule has 0 aliphatic carbocycles. The summed E-state index contributed by atoms with van der Waals surface area (Å²) in [6.07, 6.45) is 1.56. The third-order valence-corrected chi connectivity index (χ3v) is 5.12. The van der Waals surface area contributed by atoms with E-state index in [1.54, 1.807) is 13.1 Å². The maximum Gasteiger partial charge on any atom is 0.270 e. The molecule has 168 valence electrons. The van der Waals surface area contributed by atoms with Gasteiger partial charge in [-0.15, -0.1) is 0 Å². The summed E-state index contributed by atoms with van der Waals surface area (Å²) in [5.74, 6) is -2.94. The highest BCUT2D eigenvalue weighted by Crippen LogP contribution is 2.13. The molecule has 0 saturated heterocycles. The lowest BCUT2D eigenvalue weighted by molar-refractivity contribution is 0.0942. The quantitative estimate of drug-likeness (QED) is 0.472. The van der Waals surface area contributed by atoms with Crippen LogP contribution in [-0.4, -0.2) is 26.4 Å². The van der Waals surface area contributed by atoms with Gasteiger partial charge in [0.05, 0.1) is 6.20 Å². The molecule has 7 nitrogen and oxygen atoms in total. The summed E-state index contributed by atoms with van der Waals surface area (Å²) in [7, 11) is 0. The fourth-order valence-corrected chi connectivity index (χ4v) is 3.25. The van der Waals surface area contributed by atoms with Crippen molar-refractivity contribution in [1.82, 2.24) is 25.2 Å². The number of rotatable bonds is 6. The van der Waals surface area contributed by atoms with Crippen LogP contribution in [0.2, 0.25) is 0 Å². The van der Waals surface area contributed by atoms with Gasteiger partial charge >= 0.3 is 0 Å². The number of amides is 2. The number of carbonyl (C=O) groups is 2. The van der Waals surface area contributed by atoms with Crippen LogP contribution in [0.4, 0.5) is 8.78 Å². The first-order chi connectivity index (χ1) is 15.8. The van der Waals surface area contributed by atoms with Gasteiger partial charge in [0, 0.05) is 24.7 Å². The third kappa shape index (κ3) is 4.87. The average Bonchev–Trinajstić information content (AvgIpc) is 3.19. The Labute approximate surface area is 188 Å². The molecule has 0 unspecified atom stereocenters. The van der Waals surface area contributed by atoms with Crippen molar-refractivity contribution in [3.8, 4) is 0 Å². The van der Waals surface area contributed by atoms with Gasteiger partial charge in [-0.25, -0.2) is 18.3 Å². The standard InChI is InChI=1S/C24H21F2N5O2/c1-14-3-5-16(6-4-14)12-28-24(33)21-10-20(30-22-15(2)11-29-31(21)22)23(32)27-13-17-7-8-18(25)19(26)9-17/h3-11H,12-13H2,1-2H3,(H,27,32)(H,28,33). The van der Waals surface area contributed by atoms with Crippen molar-refractivity contribution in [2.75, 3.05) is 0 Å². The number of aromatic nitrogens is 3. The van der Waals surface area contributed by atoms with Crippen molar-refractivity contribution in [3.05, 3.63) is 100 Å². The topological polar surface area (TPSA) is 88.4 Å². The molecule has 0 bridgehead atoms. The van der Waals surface area contributed by atoms with Crippen LogP contribution in [0.25, 0.3) is 5.65 Å². The molecule has 0 atom stereocenters. The van der Waals surface area contributed by atoms with Crippen molar-refractivity contribution < 1.29 is 18.4 Å². The van der Waals surface area contributed by atoms with E-state index in [9.17, 15) is 18.4 Å². The number of carbonyl (C=O) groups excluding carboxylic acids is 2. The predicted molar refractivity (Wildman–Crippen MR) is 118 cm³/mol. The minimum absolute atomic E-state index is 0.00849. The van der Waals surface area contributed by atoms with Gasteiger partial charge in [0.1, 0.15) is 11.4 Å². The summed E-state index contributed by atoms with van der Waals surface area (Å²) in [5.41, 5.74) is 3.66. The summed E-state index contributed by atoms with van der Waals surface area (Å²) < 4.78 is 27.9. The molecule has 0 radical (unpaired) electrons. The first kappa shape index (κ1) is 22.1. The van der Waals surface area contributed by atoms with E-state index in [1.807, 2.05) is 31.2 Å². The summed E-state index contributed by atoms with van der Waals surface area (Å²) in [6, 6.07) is 12.5. The second-order valence-corrected chi connectivity index (χ2v) is 7.69. The van der Waals surface area contributed by atoms with Crippen molar-refractivity contribution in [1.29, 1.82) is 0 Å². The van der Waals surface area contributed by atoms with E-state index in [-0.39, 0.29) is 17.9 Å². The van der Waals surface area contributed by atoms with Crippen LogP contribution in [-0.2, 0) is 13.1 Å². The van der Waals surface area contributed by atoms with Crippen LogP contribution in [0.1, 0.15) is 43.2 Å². The molecule has 9 heteroatoms. The van der Waals surface area contributed by atoms with Crippen LogP contribution < -0.4 is 10.6 Å². The van der Waals surface area contributed by atoms with E-state index in [0.29, 0.717) is 23.3 Å². The first-order valence-electron chi connectivity index (χ1n) is 10.2. The maximum atomic E-state index is 13.4. The molecule has 0 spiro atoms. The zero-order valence-electron chi connectivity index (χ0n) is 18.0. The summed E-state index contributed by atoms with van der Waals surface area (Å²) in [6.45, 7) is 4.03. The number of aryl methyl sites for hydroxylation is 2. The van der Waals surface area contributed by atoms with E-state index in [2.05, 4.69) is 20.7 Å². The van der Waals surface area contributed by atoms with Crippen LogP contribution in [0.15, 0.2) is 54.7 Å². The highest BCUT2D eigenvalue weighted by molar-refractivity contribution is 5.98. The number of nitrogens with zero attached hydrogens (tertiary/aromatic N) is 3. The molecule has 4 rings (SSSR count). The van der Waals surface area contributed by atoms with E-state index in [4.69, 9.17) is 0 Å². The molecule has 2 aromatic carbocycles. The van der Waals surface area contributed by atoms with Crippen molar-refractivity contribution in [3.63, 3.8) is 0 Å². The van der Waals surface area contributed by atoms with Gasteiger partial charge in [0.25, 0.3) is 11.8 Å². The molecule has 2 heterocycles. The van der Waals surface area contributed by atoms with Crippen LogP contribution in [0.3, 0.4) is 0 Å². The smallest absolute Gasteiger partial charge is 0.270 e. The molecule has 2 amide bonds. The molecule has 2 aromatic heterocycles. The Morgan fingerprint density at radius 1 is 0.879 bits per heavy atom. The van der Waals surface area contributed by atoms with Crippen molar-refractivity contribution >= 4 is 17.5 Å². The number of hydrogen-bond donors (Lipinski definition) is 2. The molecular formula is C24H21F2N5O2. The fraction of sp³-hybridized carbons (Fsp3) is 0.167. The Balaban J connectivity index is 1.55. The molecule has 0 fully saturated rings. The molecule has 0 aliphatic heterocycles. The van der Waals surface area contributed by atoms with Crippen LogP contribution in [0, 0.1) is 25.5 Å². The Morgan fingerprint density at radius 2 is 1.55 bits per heavy atom. The van der Waals surface area contributed by atoms with Crippen molar-refractivity contribution in [2.24, 2.45) is 0 Å². The number of fused-ring (bicyclic) bond motifs is 1. The maximum absolute atomic E-state index is 13.4. The summed E-state index contributed by atoms with van der Waals surface area (Å²) in [4.78, 5) is 30.0. The Kier molecular flexibility index (Phi) is 6.12. The van der Waals surface area contributed by atoms with E-state index >= 15 is 0 Å². The Hall–Kier alpha value is -4.14. The SMILES string of the molecule is Cc1ccc(CNC(=O)c2cc(C(=O)NCc3ccc(F)c(F)c3)nc3c(C)cnn23)cc1. The molecular weight excluding hydrogens is 428 g/mol. The van der Waals surface area contributed by atoms with Crippen LogP contribution >= 0.6 is 0 Å². The highest BCUT2D eigenvalue weighted by atomic mass is 19.2. The zero-order chi connectivity index (χ0) is 23.5. The highest BCUT2D eigenvalue weighted by Gasteiger charge is 2.19. The van der Waals surface area contributed by atoms with Gasteiger partial charge in [-0.1, -0.05) is 35.9 Å². The average molecular weight is 449 g/mol.